The lowest BCUT2D eigenvalue weighted by Crippen LogP contribution is -2.75. The Labute approximate surface area is 193 Å². The third-order valence-corrected chi connectivity index (χ3v) is 9.01. The molecule has 0 unspecified atom stereocenters. The predicted molar refractivity (Wildman–Crippen MR) is 120 cm³/mol. The van der Waals surface area contributed by atoms with Crippen LogP contribution in [-0.2, 0) is 6.54 Å². The molecule has 0 bridgehead atoms. The van der Waals surface area contributed by atoms with E-state index < -0.39 is 0 Å². The number of carbonyl (C=O) groups excluding carboxylic acids is 1. The Kier molecular flexibility index (Phi) is 3.66. The molecule has 3 aliphatic carbocycles. The zero-order chi connectivity index (χ0) is 21.8. The first-order valence-corrected chi connectivity index (χ1v) is 12.8. The maximum absolute atomic E-state index is 12.9. The van der Waals surface area contributed by atoms with E-state index in [1.54, 1.807) is 0 Å². The second kappa shape index (κ2) is 6.37. The Bertz CT molecular complexity index is 1090. The van der Waals surface area contributed by atoms with Crippen LogP contribution in [0.4, 0.5) is 4.79 Å². The smallest absolute Gasteiger partial charge is 0.320 e. The molecule has 3 saturated heterocycles. The van der Waals surface area contributed by atoms with E-state index in [9.17, 15) is 4.79 Å². The monoisotopic (exact) mass is 448 g/mol. The van der Waals surface area contributed by atoms with E-state index in [-0.39, 0.29) is 6.03 Å². The topological polar surface area (TPSA) is 97.0 Å². The molecular formula is C24H32N8O. The number of rotatable bonds is 5. The van der Waals surface area contributed by atoms with Crippen LogP contribution in [-0.4, -0.2) is 85.4 Å². The van der Waals surface area contributed by atoms with E-state index in [4.69, 9.17) is 4.98 Å². The molecule has 0 aromatic carbocycles. The lowest BCUT2D eigenvalue weighted by molar-refractivity contribution is -0.117. The summed E-state index contributed by atoms with van der Waals surface area (Å²) >= 11 is 0. The van der Waals surface area contributed by atoms with Crippen molar-refractivity contribution in [2.45, 2.75) is 62.8 Å². The van der Waals surface area contributed by atoms with Gasteiger partial charge in [0.2, 0.25) is 0 Å². The van der Waals surface area contributed by atoms with Gasteiger partial charge >= 0.3 is 6.03 Å². The van der Waals surface area contributed by atoms with Gasteiger partial charge in [-0.25, -0.2) is 9.78 Å². The molecule has 0 atom stereocenters. The summed E-state index contributed by atoms with van der Waals surface area (Å²) in [6, 6.07) is 2.50. The van der Waals surface area contributed by atoms with Crippen LogP contribution >= 0.6 is 0 Å². The van der Waals surface area contributed by atoms with Gasteiger partial charge in [0.1, 0.15) is 5.82 Å². The molecule has 2 spiro atoms. The first-order chi connectivity index (χ1) is 16.1. The van der Waals surface area contributed by atoms with Crippen LogP contribution in [0, 0.1) is 10.8 Å². The molecule has 8 rings (SSSR count). The van der Waals surface area contributed by atoms with E-state index in [0.717, 1.165) is 70.3 Å². The van der Waals surface area contributed by atoms with Gasteiger partial charge in [0.15, 0.2) is 5.82 Å². The summed E-state index contributed by atoms with van der Waals surface area (Å²) in [5.41, 5.74) is 3.15. The summed E-state index contributed by atoms with van der Waals surface area (Å²) in [5.74, 6) is 3.91. The first-order valence-electron chi connectivity index (χ1n) is 12.8. The molecule has 2 aromatic rings. The van der Waals surface area contributed by atoms with E-state index >= 15 is 0 Å². The molecule has 0 radical (unpaired) electrons. The Morgan fingerprint density at radius 3 is 2.27 bits per heavy atom. The van der Waals surface area contributed by atoms with Gasteiger partial charge < -0.3 is 9.80 Å². The van der Waals surface area contributed by atoms with Crippen molar-refractivity contribution in [1.82, 2.24) is 40.1 Å². The van der Waals surface area contributed by atoms with Crippen LogP contribution in [0.1, 0.15) is 79.3 Å². The molecule has 3 saturated carbocycles. The van der Waals surface area contributed by atoms with E-state index in [0.29, 0.717) is 28.6 Å². The van der Waals surface area contributed by atoms with Gasteiger partial charge in [0, 0.05) is 80.1 Å². The number of aromatic nitrogens is 5. The summed E-state index contributed by atoms with van der Waals surface area (Å²) < 4.78 is 0. The quantitative estimate of drug-likeness (QED) is 0.732. The zero-order valence-corrected chi connectivity index (χ0v) is 19.1. The summed E-state index contributed by atoms with van der Waals surface area (Å²) in [4.78, 5) is 24.3. The molecule has 6 aliphatic rings. The van der Waals surface area contributed by atoms with Crippen molar-refractivity contribution in [3.05, 3.63) is 29.1 Å². The molecule has 9 nitrogen and oxygen atoms in total. The van der Waals surface area contributed by atoms with Gasteiger partial charge in [-0.2, -0.15) is 10.2 Å². The maximum atomic E-state index is 12.9. The van der Waals surface area contributed by atoms with Gasteiger partial charge in [0.05, 0.1) is 5.69 Å². The van der Waals surface area contributed by atoms with Crippen molar-refractivity contribution in [1.29, 1.82) is 0 Å². The summed E-state index contributed by atoms with van der Waals surface area (Å²) in [7, 11) is 0. The van der Waals surface area contributed by atoms with Gasteiger partial charge in [-0.05, 0) is 44.6 Å². The van der Waals surface area contributed by atoms with E-state index in [1.165, 1.54) is 37.1 Å². The highest BCUT2D eigenvalue weighted by Crippen LogP contribution is 2.56. The van der Waals surface area contributed by atoms with E-state index in [2.05, 4.69) is 41.2 Å². The number of nitrogens with zero attached hydrogens (tertiary/aromatic N) is 6. The second-order valence-electron chi connectivity index (χ2n) is 12.2. The molecular weight excluding hydrogens is 416 g/mol. The van der Waals surface area contributed by atoms with Crippen molar-refractivity contribution in [2.75, 3.05) is 39.3 Å². The van der Waals surface area contributed by atoms with Crippen molar-refractivity contribution >= 4 is 6.03 Å². The number of likely N-dealkylation sites (tertiary alicyclic amines) is 3. The Morgan fingerprint density at radius 1 is 0.879 bits per heavy atom. The predicted octanol–water partition coefficient (Wildman–Crippen LogP) is 2.40. The molecule has 6 fully saturated rings. The normalized spacial score (nSPS) is 27.9. The molecule has 3 aliphatic heterocycles. The average molecular weight is 449 g/mol. The number of nitrogens with one attached hydrogen (secondary N) is 2. The fourth-order valence-electron chi connectivity index (χ4n) is 6.94. The minimum atomic E-state index is 0.254. The average Bonchev–Trinajstić information content (AvgIpc) is 3.62. The number of hydrogen-bond donors (Lipinski definition) is 2. The zero-order valence-electron chi connectivity index (χ0n) is 19.1. The van der Waals surface area contributed by atoms with Crippen LogP contribution < -0.4 is 0 Å². The molecule has 33 heavy (non-hydrogen) atoms. The number of H-pyrrole nitrogens is 2. The number of carbonyl (C=O) groups is 1. The van der Waals surface area contributed by atoms with Crippen molar-refractivity contribution < 1.29 is 4.79 Å². The minimum Gasteiger partial charge on any atom is -0.323 e. The molecule has 174 valence electrons. The molecule has 5 heterocycles. The summed E-state index contributed by atoms with van der Waals surface area (Å²) in [6.07, 6.45) is 7.36. The second-order valence-corrected chi connectivity index (χ2v) is 12.2. The molecule has 9 heteroatoms. The minimum absolute atomic E-state index is 0.254. The highest BCUT2D eigenvalue weighted by atomic mass is 16.2. The number of urea groups is 1. The largest absolute Gasteiger partial charge is 0.323 e. The lowest BCUT2D eigenvalue weighted by Gasteiger charge is -2.63. The Balaban J connectivity index is 0.784. The third-order valence-electron chi connectivity index (χ3n) is 9.01. The van der Waals surface area contributed by atoms with Gasteiger partial charge in [-0.1, -0.05) is 0 Å². The molecule has 2 N–H and O–H groups in total. The van der Waals surface area contributed by atoms with Crippen molar-refractivity contribution in [2.24, 2.45) is 10.8 Å². The Hall–Kier alpha value is -2.42. The van der Waals surface area contributed by atoms with Crippen LogP contribution in [0.2, 0.25) is 0 Å². The Morgan fingerprint density at radius 2 is 1.58 bits per heavy atom. The highest BCUT2D eigenvalue weighted by Gasteiger charge is 2.58. The van der Waals surface area contributed by atoms with Gasteiger partial charge in [-0.3, -0.25) is 15.1 Å². The molecule has 2 amide bonds. The first kappa shape index (κ1) is 18.9. The highest BCUT2D eigenvalue weighted by molar-refractivity contribution is 5.77. The SMILES string of the molecule is O=C(N1CC2(CC(c3n[nH]c(C4CC4)n3)C2)C1)N1CC2(CN(Cc3cc(C4CC4)n[nH]3)C2)C1. The van der Waals surface area contributed by atoms with Gasteiger partial charge in [-0.15, -0.1) is 0 Å². The van der Waals surface area contributed by atoms with E-state index in [1.807, 2.05) is 0 Å². The standard InChI is InChI=1S/C24H32N8O/c33-22(31-11-23(12-31)6-17(7-23)21-25-20(28-29-21)16-3-4-16)32-13-24(14-32)9-30(10-24)8-18-5-19(27-26-18)15-1-2-15/h5,15-17H,1-4,6-14H2,(H,26,27)(H,25,28,29). The number of aromatic amines is 2. The molecule has 2 aromatic heterocycles. The number of amides is 2. The van der Waals surface area contributed by atoms with Crippen molar-refractivity contribution in [3.8, 4) is 0 Å². The van der Waals surface area contributed by atoms with Gasteiger partial charge in [0.25, 0.3) is 0 Å². The fourth-order valence-corrected chi connectivity index (χ4v) is 6.94. The summed E-state index contributed by atoms with van der Waals surface area (Å²) in [5, 5.41) is 15.3. The van der Waals surface area contributed by atoms with Crippen LogP contribution in [0.3, 0.4) is 0 Å². The summed E-state index contributed by atoms with van der Waals surface area (Å²) in [6.45, 7) is 6.83. The van der Waals surface area contributed by atoms with Crippen molar-refractivity contribution in [3.63, 3.8) is 0 Å². The van der Waals surface area contributed by atoms with Crippen LogP contribution in [0.25, 0.3) is 0 Å². The lowest BCUT2D eigenvalue weighted by atomic mass is 9.57. The fraction of sp³-hybridized carbons (Fsp3) is 0.750. The van der Waals surface area contributed by atoms with Crippen LogP contribution in [0.5, 0.6) is 0 Å². The van der Waals surface area contributed by atoms with Crippen LogP contribution in [0.15, 0.2) is 6.07 Å². The third kappa shape index (κ3) is 3.07. The maximum Gasteiger partial charge on any atom is 0.320 e. The number of hydrogen-bond acceptors (Lipinski definition) is 5.